The maximum Gasteiger partial charge on any atom is 0.303 e. The van der Waals surface area contributed by atoms with Crippen LogP contribution in [0.4, 0.5) is 0 Å². The Hall–Kier alpha value is -3.43. The molecule has 186 valence electrons. The topological polar surface area (TPSA) is 84.7 Å². The van der Waals surface area contributed by atoms with Crippen LogP contribution in [0.15, 0.2) is 65.7 Å². The normalized spacial score (nSPS) is 14.6. The Kier molecular flexibility index (Phi) is 8.56. The fraction of sp³-hybridized carbons (Fsp3) is 0.259. The number of carboxylic acid groups (broad SMARTS) is 1. The van der Waals surface area contributed by atoms with Crippen molar-refractivity contribution in [3.63, 3.8) is 0 Å². The van der Waals surface area contributed by atoms with Gasteiger partial charge in [0.05, 0.1) is 17.2 Å². The molecular formula is C27H27N3O4S2. The number of para-hydroxylation sites is 1. The molecule has 1 amide bonds. The van der Waals surface area contributed by atoms with E-state index in [1.165, 1.54) is 11.8 Å². The van der Waals surface area contributed by atoms with Crippen molar-refractivity contribution in [3.05, 3.63) is 71.3 Å². The molecule has 1 fully saturated rings. The molecule has 2 aromatic carbocycles. The van der Waals surface area contributed by atoms with Crippen molar-refractivity contribution < 1.29 is 19.4 Å². The number of carboxylic acids is 1. The summed E-state index contributed by atoms with van der Waals surface area (Å²) in [7, 11) is 0. The summed E-state index contributed by atoms with van der Waals surface area (Å²) < 4.78 is 8.00. The van der Waals surface area contributed by atoms with Gasteiger partial charge in [-0.3, -0.25) is 14.5 Å². The molecule has 0 radical (unpaired) electrons. The molecule has 4 rings (SSSR count). The van der Waals surface area contributed by atoms with Gasteiger partial charge in [-0.2, -0.15) is 5.10 Å². The summed E-state index contributed by atoms with van der Waals surface area (Å²) in [5.41, 5.74) is 3.33. The number of hydrogen-bond acceptors (Lipinski definition) is 6. The van der Waals surface area contributed by atoms with Crippen LogP contribution in [-0.4, -0.2) is 49.1 Å². The van der Waals surface area contributed by atoms with Gasteiger partial charge in [0, 0.05) is 30.3 Å². The summed E-state index contributed by atoms with van der Waals surface area (Å²) in [5, 5.41) is 13.6. The molecule has 1 N–H and O–H groups in total. The number of unbranched alkanes of at least 4 members (excludes halogenated alkanes) is 2. The number of benzene rings is 2. The van der Waals surface area contributed by atoms with Crippen LogP contribution in [0.5, 0.6) is 5.75 Å². The van der Waals surface area contributed by atoms with Crippen molar-refractivity contribution in [2.75, 3.05) is 13.2 Å². The highest BCUT2D eigenvalue weighted by atomic mass is 32.2. The Morgan fingerprint density at radius 2 is 1.94 bits per heavy atom. The van der Waals surface area contributed by atoms with Crippen molar-refractivity contribution in [1.82, 2.24) is 14.7 Å². The number of thioether (sulfide) groups is 1. The fourth-order valence-corrected chi connectivity index (χ4v) is 5.19. The molecule has 1 saturated heterocycles. The first-order valence-corrected chi connectivity index (χ1v) is 13.0. The van der Waals surface area contributed by atoms with Crippen LogP contribution in [-0.2, 0) is 9.59 Å². The van der Waals surface area contributed by atoms with E-state index in [9.17, 15) is 9.59 Å². The van der Waals surface area contributed by atoms with Gasteiger partial charge in [0.2, 0.25) is 0 Å². The SMILES string of the molecule is CCOc1cccc(-c2nn(-c3ccccc3)cc2C=C2SC(=S)N(CCCCCC(=O)O)C2=O)c1. The van der Waals surface area contributed by atoms with Crippen LogP contribution in [0, 0.1) is 0 Å². The van der Waals surface area contributed by atoms with Gasteiger partial charge in [-0.1, -0.05) is 60.7 Å². The number of rotatable bonds is 11. The summed E-state index contributed by atoms with van der Waals surface area (Å²) in [4.78, 5) is 26.0. The molecule has 36 heavy (non-hydrogen) atoms. The molecule has 1 aromatic heterocycles. The number of ether oxygens (including phenoxy) is 1. The van der Waals surface area contributed by atoms with Crippen LogP contribution < -0.4 is 4.74 Å². The predicted octanol–water partition coefficient (Wildman–Crippen LogP) is 5.78. The fourth-order valence-electron chi connectivity index (χ4n) is 3.89. The largest absolute Gasteiger partial charge is 0.494 e. The molecule has 0 saturated carbocycles. The van der Waals surface area contributed by atoms with E-state index in [1.54, 1.807) is 9.58 Å². The van der Waals surface area contributed by atoms with Gasteiger partial charge >= 0.3 is 5.97 Å². The zero-order chi connectivity index (χ0) is 25.5. The summed E-state index contributed by atoms with van der Waals surface area (Å²) in [5.74, 6) is -0.184. The summed E-state index contributed by atoms with van der Waals surface area (Å²) in [6, 6.07) is 17.6. The van der Waals surface area contributed by atoms with Crippen molar-refractivity contribution in [3.8, 4) is 22.7 Å². The van der Waals surface area contributed by atoms with E-state index in [4.69, 9.17) is 27.2 Å². The number of aliphatic carboxylic acids is 1. The van der Waals surface area contributed by atoms with E-state index in [0.29, 0.717) is 35.2 Å². The van der Waals surface area contributed by atoms with Gasteiger partial charge in [-0.25, -0.2) is 4.68 Å². The standard InChI is InChI=1S/C27H27N3O4S2/c1-2-34-22-13-9-10-19(16-22)25-20(18-30(28-25)21-11-5-3-6-12-21)17-23-26(33)29(27(35)36-23)15-8-4-7-14-24(31)32/h3,5-6,9-13,16-18H,2,4,7-8,14-15H2,1H3,(H,31,32). The molecule has 1 aliphatic rings. The van der Waals surface area contributed by atoms with E-state index < -0.39 is 5.97 Å². The van der Waals surface area contributed by atoms with Crippen molar-refractivity contribution in [1.29, 1.82) is 0 Å². The predicted molar refractivity (Wildman–Crippen MR) is 146 cm³/mol. The molecule has 0 aliphatic carbocycles. The summed E-state index contributed by atoms with van der Waals surface area (Å²) in [6.45, 7) is 2.98. The van der Waals surface area contributed by atoms with Crippen LogP contribution >= 0.6 is 24.0 Å². The molecule has 0 unspecified atom stereocenters. The van der Waals surface area contributed by atoms with Crippen LogP contribution in [0.3, 0.4) is 0 Å². The van der Waals surface area contributed by atoms with Crippen molar-refractivity contribution >= 4 is 46.3 Å². The molecule has 0 spiro atoms. The number of thiocarbonyl (C=S) groups is 1. The Morgan fingerprint density at radius 3 is 2.69 bits per heavy atom. The zero-order valence-electron chi connectivity index (χ0n) is 19.9. The lowest BCUT2D eigenvalue weighted by Gasteiger charge is -2.13. The van der Waals surface area contributed by atoms with E-state index in [1.807, 2.05) is 73.8 Å². The molecule has 0 atom stereocenters. The second-order valence-corrected chi connectivity index (χ2v) is 9.89. The monoisotopic (exact) mass is 521 g/mol. The average molecular weight is 522 g/mol. The van der Waals surface area contributed by atoms with Gasteiger partial charge < -0.3 is 9.84 Å². The first-order chi connectivity index (χ1) is 17.5. The number of aromatic nitrogens is 2. The second-order valence-electron chi connectivity index (χ2n) is 8.21. The lowest BCUT2D eigenvalue weighted by atomic mass is 10.1. The summed E-state index contributed by atoms with van der Waals surface area (Å²) >= 11 is 6.76. The van der Waals surface area contributed by atoms with Gasteiger partial charge in [-0.15, -0.1) is 0 Å². The quantitative estimate of drug-likeness (QED) is 0.194. The van der Waals surface area contributed by atoms with Gasteiger partial charge in [-0.05, 0) is 50.1 Å². The van der Waals surface area contributed by atoms with E-state index >= 15 is 0 Å². The molecular weight excluding hydrogens is 494 g/mol. The van der Waals surface area contributed by atoms with E-state index in [0.717, 1.165) is 34.7 Å². The second kappa shape index (κ2) is 12.0. The number of amides is 1. The lowest BCUT2D eigenvalue weighted by molar-refractivity contribution is -0.137. The van der Waals surface area contributed by atoms with E-state index in [2.05, 4.69) is 0 Å². The Labute approximate surface area is 219 Å². The van der Waals surface area contributed by atoms with Gasteiger partial charge in [0.15, 0.2) is 0 Å². The Balaban J connectivity index is 1.61. The van der Waals surface area contributed by atoms with Crippen LogP contribution in [0.1, 0.15) is 38.2 Å². The molecule has 2 heterocycles. The number of carbonyl (C=O) groups excluding carboxylic acids is 1. The number of hydrogen-bond donors (Lipinski definition) is 1. The maximum absolute atomic E-state index is 13.2. The van der Waals surface area contributed by atoms with Gasteiger partial charge in [0.25, 0.3) is 5.91 Å². The first kappa shape index (κ1) is 25.7. The van der Waals surface area contributed by atoms with Crippen molar-refractivity contribution in [2.45, 2.75) is 32.6 Å². The molecule has 9 heteroatoms. The third kappa shape index (κ3) is 6.22. The van der Waals surface area contributed by atoms with Gasteiger partial charge in [0.1, 0.15) is 15.8 Å². The maximum atomic E-state index is 13.2. The third-order valence-electron chi connectivity index (χ3n) is 5.61. The molecule has 0 bridgehead atoms. The van der Waals surface area contributed by atoms with E-state index in [-0.39, 0.29) is 12.3 Å². The minimum atomic E-state index is -0.804. The lowest BCUT2D eigenvalue weighted by Crippen LogP contribution is -2.29. The highest BCUT2D eigenvalue weighted by molar-refractivity contribution is 8.26. The first-order valence-electron chi connectivity index (χ1n) is 11.8. The number of nitrogens with zero attached hydrogens (tertiary/aromatic N) is 3. The summed E-state index contributed by atoms with van der Waals surface area (Å²) in [6.07, 6.45) is 5.91. The molecule has 3 aromatic rings. The number of carbonyl (C=O) groups is 2. The minimum absolute atomic E-state index is 0.135. The molecule has 7 nitrogen and oxygen atoms in total. The molecule has 1 aliphatic heterocycles. The van der Waals surface area contributed by atoms with Crippen LogP contribution in [0.25, 0.3) is 23.0 Å². The third-order valence-corrected chi connectivity index (χ3v) is 6.99. The zero-order valence-corrected chi connectivity index (χ0v) is 21.6. The van der Waals surface area contributed by atoms with Crippen LogP contribution in [0.2, 0.25) is 0 Å². The van der Waals surface area contributed by atoms with Crippen molar-refractivity contribution in [2.24, 2.45) is 0 Å². The Morgan fingerprint density at radius 1 is 1.14 bits per heavy atom. The average Bonchev–Trinajstić information content (AvgIpc) is 3.41. The smallest absolute Gasteiger partial charge is 0.303 e. The Bertz CT molecular complexity index is 1290. The highest BCUT2D eigenvalue weighted by Gasteiger charge is 2.32. The highest BCUT2D eigenvalue weighted by Crippen LogP contribution is 2.35. The minimum Gasteiger partial charge on any atom is -0.494 e.